The molecule has 3 aromatic carbocycles. The van der Waals surface area contributed by atoms with Gasteiger partial charge in [-0.3, -0.25) is 5.10 Å². The van der Waals surface area contributed by atoms with E-state index in [2.05, 4.69) is 46.6 Å². The number of aromatic hydroxyl groups is 1. The summed E-state index contributed by atoms with van der Waals surface area (Å²) in [7, 11) is 1.53. The second-order valence-electron chi connectivity index (χ2n) is 6.00. The summed E-state index contributed by atoms with van der Waals surface area (Å²) in [6.07, 6.45) is 0. The van der Waals surface area contributed by atoms with Gasteiger partial charge in [0, 0.05) is 5.56 Å². The number of benzene rings is 3. The second-order valence-corrected chi connectivity index (χ2v) is 6.00. The average Bonchev–Trinajstić information content (AvgIpc) is 3.19. The van der Waals surface area contributed by atoms with Gasteiger partial charge >= 0.3 is 0 Å². The highest BCUT2D eigenvalue weighted by Gasteiger charge is 2.09. The molecule has 1 heterocycles. The van der Waals surface area contributed by atoms with E-state index >= 15 is 0 Å². The summed E-state index contributed by atoms with van der Waals surface area (Å²) in [6, 6.07) is 25.8. The SMILES string of the molecule is COc1cc(-c2cc(-c3ccc(-c4ccccc4)cc3)[nH]n2)ccc1O. The monoisotopic (exact) mass is 342 g/mol. The maximum Gasteiger partial charge on any atom is 0.161 e. The minimum absolute atomic E-state index is 0.114. The van der Waals surface area contributed by atoms with Crippen LogP contribution in [0.1, 0.15) is 0 Å². The number of nitrogens with one attached hydrogen (secondary N) is 1. The van der Waals surface area contributed by atoms with Crippen molar-refractivity contribution in [1.29, 1.82) is 0 Å². The molecule has 4 rings (SSSR count). The van der Waals surface area contributed by atoms with Crippen molar-refractivity contribution in [2.45, 2.75) is 0 Å². The zero-order chi connectivity index (χ0) is 17.9. The van der Waals surface area contributed by atoms with Crippen molar-refractivity contribution in [1.82, 2.24) is 10.2 Å². The largest absolute Gasteiger partial charge is 0.504 e. The summed E-state index contributed by atoms with van der Waals surface area (Å²) in [4.78, 5) is 0. The van der Waals surface area contributed by atoms with Crippen LogP contribution in [0.15, 0.2) is 78.9 Å². The standard InChI is InChI=1S/C22H18N2O2/c1-26-22-13-18(11-12-21(22)25)20-14-19(23-24-20)17-9-7-16(8-10-17)15-5-3-2-4-6-15/h2-14,25H,1H3,(H,23,24). The first-order chi connectivity index (χ1) is 12.7. The van der Waals surface area contributed by atoms with E-state index < -0.39 is 0 Å². The lowest BCUT2D eigenvalue weighted by Crippen LogP contribution is -1.85. The van der Waals surface area contributed by atoms with E-state index in [1.54, 1.807) is 12.1 Å². The van der Waals surface area contributed by atoms with Gasteiger partial charge in [-0.1, -0.05) is 54.6 Å². The molecule has 0 saturated heterocycles. The number of hydrogen-bond acceptors (Lipinski definition) is 3. The van der Waals surface area contributed by atoms with Crippen molar-refractivity contribution in [3.8, 4) is 45.1 Å². The molecular weight excluding hydrogens is 324 g/mol. The number of phenolic OH excluding ortho intramolecular Hbond substituents is 1. The van der Waals surface area contributed by atoms with Crippen LogP contribution in [0, 0.1) is 0 Å². The molecule has 0 amide bonds. The van der Waals surface area contributed by atoms with Gasteiger partial charge in [0.15, 0.2) is 11.5 Å². The first-order valence-corrected chi connectivity index (χ1v) is 8.33. The normalized spacial score (nSPS) is 10.7. The Bertz CT molecular complexity index is 1020. The van der Waals surface area contributed by atoms with Gasteiger partial charge in [-0.2, -0.15) is 5.10 Å². The Kier molecular flexibility index (Phi) is 4.15. The fourth-order valence-corrected chi connectivity index (χ4v) is 2.93. The number of nitrogens with zero attached hydrogens (tertiary/aromatic N) is 1. The zero-order valence-corrected chi connectivity index (χ0v) is 14.3. The Morgan fingerprint density at radius 2 is 1.42 bits per heavy atom. The molecule has 26 heavy (non-hydrogen) atoms. The molecule has 0 bridgehead atoms. The van der Waals surface area contributed by atoms with Gasteiger partial charge in [-0.25, -0.2) is 0 Å². The molecule has 0 aliphatic carbocycles. The van der Waals surface area contributed by atoms with Crippen LogP contribution in [0.25, 0.3) is 33.6 Å². The van der Waals surface area contributed by atoms with E-state index in [4.69, 9.17) is 4.74 Å². The van der Waals surface area contributed by atoms with Gasteiger partial charge in [0.25, 0.3) is 0 Å². The van der Waals surface area contributed by atoms with Gasteiger partial charge in [0.2, 0.25) is 0 Å². The number of aromatic nitrogens is 2. The van der Waals surface area contributed by atoms with Crippen molar-refractivity contribution in [3.63, 3.8) is 0 Å². The molecule has 4 nitrogen and oxygen atoms in total. The molecule has 2 N–H and O–H groups in total. The lowest BCUT2D eigenvalue weighted by molar-refractivity contribution is 0.373. The number of methoxy groups -OCH3 is 1. The predicted octanol–water partition coefficient (Wildman–Crippen LogP) is 5.12. The Hall–Kier alpha value is -3.53. The lowest BCUT2D eigenvalue weighted by Gasteiger charge is -2.04. The molecule has 128 valence electrons. The van der Waals surface area contributed by atoms with Crippen LogP contribution in [-0.2, 0) is 0 Å². The smallest absolute Gasteiger partial charge is 0.161 e. The summed E-state index contributed by atoms with van der Waals surface area (Å²) in [5.41, 5.74) is 6.05. The topological polar surface area (TPSA) is 58.1 Å². The maximum atomic E-state index is 9.73. The number of rotatable bonds is 4. The molecule has 4 aromatic rings. The van der Waals surface area contributed by atoms with E-state index in [1.807, 2.05) is 30.3 Å². The Balaban J connectivity index is 1.62. The van der Waals surface area contributed by atoms with E-state index in [0.29, 0.717) is 5.75 Å². The van der Waals surface area contributed by atoms with Gasteiger partial charge in [0.1, 0.15) is 0 Å². The van der Waals surface area contributed by atoms with Gasteiger partial charge in [-0.05, 0) is 41.0 Å². The quantitative estimate of drug-likeness (QED) is 0.541. The number of aromatic amines is 1. The van der Waals surface area contributed by atoms with Crippen molar-refractivity contribution in [2.75, 3.05) is 7.11 Å². The van der Waals surface area contributed by atoms with Gasteiger partial charge in [-0.15, -0.1) is 0 Å². The van der Waals surface area contributed by atoms with Crippen molar-refractivity contribution in [3.05, 3.63) is 78.9 Å². The second kappa shape index (κ2) is 6.76. The molecule has 0 aliphatic heterocycles. The van der Waals surface area contributed by atoms with Crippen LogP contribution in [0.4, 0.5) is 0 Å². The zero-order valence-electron chi connectivity index (χ0n) is 14.3. The highest BCUT2D eigenvalue weighted by molar-refractivity contribution is 5.72. The molecule has 0 radical (unpaired) electrons. The van der Waals surface area contributed by atoms with Crippen LogP contribution in [0.3, 0.4) is 0 Å². The first-order valence-electron chi connectivity index (χ1n) is 8.33. The number of hydrogen-bond donors (Lipinski definition) is 2. The molecule has 4 heteroatoms. The van der Waals surface area contributed by atoms with Gasteiger partial charge < -0.3 is 9.84 Å². The van der Waals surface area contributed by atoms with Crippen molar-refractivity contribution >= 4 is 0 Å². The number of H-pyrrole nitrogens is 1. The lowest BCUT2D eigenvalue weighted by atomic mass is 10.0. The van der Waals surface area contributed by atoms with Crippen molar-refractivity contribution in [2.24, 2.45) is 0 Å². The third-order valence-electron chi connectivity index (χ3n) is 4.36. The first kappa shape index (κ1) is 16.0. The molecule has 0 unspecified atom stereocenters. The molecule has 1 aromatic heterocycles. The fourth-order valence-electron chi connectivity index (χ4n) is 2.93. The third-order valence-corrected chi connectivity index (χ3v) is 4.36. The van der Waals surface area contributed by atoms with E-state index in [1.165, 1.54) is 18.2 Å². The summed E-state index contributed by atoms with van der Waals surface area (Å²) >= 11 is 0. The minimum Gasteiger partial charge on any atom is -0.504 e. The van der Waals surface area contributed by atoms with Crippen LogP contribution >= 0.6 is 0 Å². The van der Waals surface area contributed by atoms with E-state index in [0.717, 1.165) is 22.5 Å². The molecule has 0 fully saturated rings. The molecule has 0 aliphatic rings. The van der Waals surface area contributed by atoms with Crippen LogP contribution in [0.2, 0.25) is 0 Å². The molecular formula is C22H18N2O2. The van der Waals surface area contributed by atoms with E-state index in [9.17, 15) is 5.11 Å². The Labute approximate surface area is 151 Å². The van der Waals surface area contributed by atoms with E-state index in [-0.39, 0.29) is 5.75 Å². The fraction of sp³-hybridized carbons (Fsp3) is 0.0455. The van der Waals surface area contributed by atoms with Crippen LogP contribution < -0.4 is 4.74 Å². The highest BCUT2D eigenvalue weighted by atomic mass is 16.5. The Morgan fingerprint density at radius 3 is 2.15 bits per heavy atom. The summed E-state index contributed by atoms with van der Waals surface area (Å²) in [5.74, 6) is 0.544. The van der Waals surface area contributed by atoms with Crippen molar-refractivity contribution < 1.29 is 9.84 Å². The molecule has 0 spiro atoms. The van der Waals surface area contributed by atoms with Crippen LogP contribution in [0.5, 0.6) is 11.5 Å². The van der Waals surface area contributed by atoms with Gasteiger partial charge in [0.05, 0.1) is 18.5 Å². The highest BCUT2D eigenvalue weighted by Crippen LogP contribution is 2.32. The maximum absolute atomic E-state index is 9.73. The summed E-state index contributed by atoms with van der Waals surface area (Å²) < 4.78 is 5.17. The minimum atomic E-state index is 0.114. The number of ether oxygens (including phenoxy) is 1. The molecule has 0 saturated carbocycles. The predicted molar refractivity (Wildman–Crippen MR) is 103 cm³/mol. The summed E-state index contributed by atoms with van der Waals surface area (Å²) in [6.45, 7) is 0. The molecule has 0 atom stereocenters. The average molecular weight is 342 g/mol. The third kappa shape index (κ3) is 3.05. The summed E-state index contributed by atoms with van der Waals surface area (Å²) in [5, 5.41) is 17.2. The number of phenols is 1. The van der Waals surface area contributed by atoms with Crippen LogP contribution in [-0.4, -0.2) is 22.4 Å². The Morgan fingerprint density at radius 1 is 0.769 bits per heavy atom.